The van der Waals surface area contributed by atoms with E-state index in [1.54, 1.807) is 11.3 Å². The first-order chi connectivity index (χ1) is 14.6. The summed E-state index contributed by atoms with van der Waals surface area (Å²) in [6.45, 7) is 3.58. The molecule has 0 saturated carbocycles. The van der Waals surface area contributed by atoms with E-state index in [1.807, 2.05) is 35.2 Å². The molecule has 2 atom stereocenters. The average Bonchev–Trinajstić information content (AvgIpc) is 3.33. The van der Waals surface area contributed by atoms with Crippen LogP contribution in [0.4, 0.5) is 0 Å². The summed E-state index contributed by atoms with van der Waals surface area (Å²) in [5.41, 5.74) is 3.06. The van der Waals surface area contributed by atoms with Gasteiger partial charge in [-0.05, 0) is 46.6 Å². The molecule has 2 aliphatic heterocycles. The highest BCUT2D eigenvalue weighted by Crippen LogP contribution is 2.33. The predicted molar refractivity (Wildman–Crippen MR) is 116 cm³/mol. The predicted octanol–water partition coefficient (Wildman–Crippen LogP) is 2.95. The lowest BCUT2D eigenvalue weighted by Gasteiger charge is -2.35. The number of rotatable bonds is 6. The van der Waals surface area contributed by atoms with Crippen molar-refractivity contribution in [2.75, 3.05) is 33.2 Å². The third kappa shape index (κ3) is 5.10. The minimum Gasteiger partial charge on any atom is -0.459 e. The fourth-order valence-electron chi connectivity index (χ4n) is 3.72. The summed E-state index contributed by atoms with van der Waals surface area (Å²) in [6, 6.07) is 9.75. The molecule has 1 saturated heterocycles. The average molecular weight is 429 g/mol. The Hall–Kier alpha value is -2.19. The molecule has 1 N–H and O–H groups in total. The monoisotopic (exact) mass is 428 g/mol. The standard InChI is InChI=1S/C23H28N2O4S/c1-24-7-9-25(10-8-24)23(27)21-12-20(19-6-11-30-16-19)13-22(29-21)28-15-18-4-2-17(14-26)3-5-18/h2-6,11-12,16,20,22,26H,7-10,13-15H2,1H3/t20-,22+/m0/s1. The summed E-state index contributed by atoms with van der Waals surface area (Å²) < 4.78 is 12.1. The number of hydrogen-bond donors (Lipinski definition) is 1. The van der Waals surface area contributed by atoms with Crippen LogP contribution < -0.4 is 0 Å². The van der Waals surface area contributed by atoms with E-state index in [9.17, 15) is 9.90 Å². The van der Waals surface area contributed by atoms with Gasteiger partial charge in [-0.25, -0.2) is 0 Å². The van der Waals surface area contributed by atoms with Crippen molar-refractivity contribution in [3.8, 4) is 0 Å². The Balaban J connectivity index is 1.45. The molecule has 7 heteroatoms. The van der Waals surface area contributed by atoms with E-state index in [1.165, 1.54) is 5.56 Å². The highest BCUT2D eigenvalue weighted by Gasteiger charge is 2.32. The molecule has 1 aromatic heterocycles. The Kier molecular flexibility index (Phi) is 6.84. The largest absolute Gasteiger partial charge is 0.459 e. The molecule has 2 aliphatic rings. The second-order valence-electron chi connectivity index (χ2n) is 7.86. The molecule has 1 fully saturated rings. The number of ether oxygens (including phenoxy) is 2. The van der Waals surface area contributed by atoms with Gasteiger partial charge < -0.3 is 24.4 Å². The third-order valence-corrected chi connectivity index (χ3v) is 6.37. The SMILES string of the molecule is CN1CCN(C(=O)C2=C[C@H](c3ccsc3)C[C@H](OCc3ccc(CO)cc3)O2)CC1. The van der Waals surface area contributed by atoms with Gasteiger partial charge in [-0.2, -0.15) is 11.3 Å². The summed E-state index contributed by atoms with van der Waals surface area (Å²) >= 11 is 1.65. The van der Waals surface area contributed by atoms with Crippen LogP contribution >= 0.6 is 11.3 Å². The molecule has 1 amide bonds. The Labute approximate surface area is 181 Å². The third-order valence-electron chi connectivity index (χ3n) is 5.67. The van der Waals surface area contributed by atoms with Crippen LogP contribution in [0.25, 0.3) is 0 Å². The fraction of sp³-hybridized carbons (Fsp3) is 0.435. The lowest BCUT2D eigenvalue weighted by molar-refractivity contribution is -0.156. The zero-order valence-corrected chi connectivity index (χ0v) is 18.0. The van der Waals surface area contributed by atoms with Gasteiger partial charge in [-0.15, -0.1) is 0 Å². The van der Waals surface area contributed by atoms with Crippen LogP contribution in [0.1, 0.15) is 29.0 Å². The second-order valence-corrected chi connectivity index (χ2v) is 8.64. The second kappa shape index (κ2) is 9.75. The number of piperazine rings is 1. The number of allylic oxidation sites excluding steroid dienone is 1. The molecular weight excluding hydrogens is 400 g/mol. The number of thiophene rings is 1. The maximum absolute atomic E-state index is 13.1. The first-order valence-corrected chi connectivity index (χ1v) is 11.3. The first-order valence-electron chi connectivity index (χ1n) is 10.3. The molecule has 0 bridgehead atoms. The number of carbonyl (C=O) groups excluding carboxylic acids is 1. The van der Waals surface area contributed by atoms with Gasteiger partial charge in [-0.1, -0.05) is 24.3 Å². The fourth-order valence-corrected chi connectivity index (χ4v) is 4.45. The number of aliphatic hydroxyl groups is 1. The van der Waals surface area contributed by atoms with Crippen LogP contribution in [0.2, 0.25) is 0 Å². The maximum atomic E-state index is 13.1. The van der Waals surface area contributed by atoms with Crippen molar-refractivity contribution in [3.63, 3.8) is 0 Å². The van der Waals surface area contributed by atoms with Gasteiger partial charge in [0.1, 0.15) is 0 Å². The zero-order valence-electron chi connectivity index (χ0n) is 17.2. The number of nitrogens with zero attached hydrogens (tertiary/aromatic N) is 2. The molecule has 160 valence electrons. The van der Waals surface area contributed by atoms with Gasteiger partial charge in [0.2, 0.25) is 6.29 Å². The number of hydrogen-bond acceptors (Lipinski definition) is 6. The van der Waals surface area contributed by atoms with E-state index in [0.717, 1.165) is 24.2 Å². The van der Waals surface area contributed by atoms with Crippen molar-refractivity contribution >= 4 is 17.2 Å². The smallest absolute Gasteiger partial charge is 0.288 e. The van der Waals surface area contributed by atoms with Gasteiger partial charge in [0.05, 0.1) is 13.2 Å². The summed E-state index contributed by atoms with van der Waals surface area (Å²) in [6.07, 6.45) is 2.15. The minimum absolute atomic E-state index is 0.0255. The van der Waals surface area contributed by atoms with E-state index in [2.05, 4.69) is 28.8 Å². The van der Waals surface area contributed by atoms with Gasteiger partial charge >= 0.3 is 0 Å². The summed E-state index contributed by atoms with van der Waals surface area (Å²) in [5.74, 6) is 0.435. The summed E-state index contributed by atoms with van der Waals surface area (Å²) in [4.78, 5) is 17.2. The van der Waals surface area contributed by atoms with Crippen molar-refractivity contribution in [2.45, 2.75) is 31.8 Å². The van der Waals surface area contributed by atoms with Crippen molar-refractivity contribution in [2.24, 2.45) is 0 Å². The topological polar surface area (TPSA) is 62.2 Å². The number of amides is 1. The van der Waals surface area contributed by atoms with Crippen LogP contribution in [0.5, 0.6) is 0 Å². The van der Waals surface area contributed by atoms with Gasteiger partial charge in [0.15, 0.2) is 5.76 Å². The van der Waals surface area contributed by atoms with Crippen LogP contribution in [0, 0.1) is 0 Å². The van der Waals surface area contributed by atoms with Crippen LogP contribution in [0.3, 0.4) is 0 Å². The van der Waals surface area contributed by atoms with Gasteiger partial charge in [-0.3, -0.25) is 4.79 Å². The maximum Gasteiger partial charge on any atom is 0.288 e. The van der Waals surface area contributed by atoms with E-state index in [0.29, 0.717) is 31.9 Å². The van der Waals surface area contributed by atoms with E-state index < -0.39 is 6.29 Å². The van der Waals surface area contributed by atoms with Crippen molar-refractivity contribution < 1.29 is 19.4 Å². The molecule has 3 heterocycles. The lowest BCUT2D eigenvalue weighted by atomic mass is 9.95. The summed E-state index contributed by atoms with van der Waals surface area (Å²) in [7, 11) is 2.07. The summed E-state index contributed by atoms with van der Waals surface area (Å²) in [5, 5.41) is 13.4. The molecule has 0 spiro atoms. The Morgan fingerprint density at radius 2 is 1.90 bits per heavy atom. The highest BCUT2D eigenvalue weighted by atomic mass is 32.1. The molecule has 30 heavy (non-hydrogen) atoms. The van der Waals surface area contributed by atoms with E-state index in [4.69, 9.17) is 9.47 Å². The molecule has 2 aromatic rings. The molecular formula is C23H28N2O4S. The molecule has 1 aromatic carbocycles. The van der Waals surface area contributed by atoms with Crippen molar-refractivity contribution in [3.05, 3.63) is 69.6 Å². The first kappa shape index (κ1) is 21.1. The van der Waals surface area contributed by atoms with Crippen LogP contribution in [-0.4, -0.2) is 60.3 Å². The van der Waals surface area contributed by atoms with Crippen molar-refractivity contribution in [1.82, 2.24) is 9.80 Å². The van der Waals surface area contributed by atoms with Crippen molar-refractivity contribution in [1.29, 1.82) is 0 Å². The zero-order chi connectivity index (χ0) is 20.9. The quantitative estimate of drug-likeness (QED) is 0.767. The van der Waals surface area contributed by atoms with Gasteiger partial charge in [0, 0.05) is 38.5 Å². The Bertz CT molecular complexity index is 858. The molecule has 4 rings (SSSR count). The Morgan fingerprint density at radius 3 is 2.57 bits per heavy atom. The van der Waals surface area contributed by atoms with E-state index >= 15 is 0 Å². The number of carbonyl (C=O) groups is 1. The van der Waals surface area contributed by atoms with Crippen LogP contribution in [0.15, 0.2) is 52.9 Å². The normalized spacial score (nSPS) is 22.5. The number of likely N-dealkylation sites (N-methyl/N-ethyl adjacent to an activating group) is 1. The number of benzene rings is 1. The molecule has 0 radical (unpaired) electrons. The van der Waals surface area contributed by atoms with Crippen LogP contribution in [-0.2, 0) is 27.5 Å². The Morgan fingerprint density at radius 1 is 1.17 bits per heavy atom. The highest BCUT2D eigenvalue weighted by molar-refractivity contribution is 7.08. The van der Waals surface area contributed by atoms with E-state index in [-0.39, 0.29) is 18.4 Å². The van der Waals surface area contributed by atoms with Gasteiger partial charge in [0.25, 0.3) is 5.91 Å². The number of aliphatic hydroxyl groups excluding tert-OH is 1. The molecule has 0 unspecified atom stereocenters. The minimum atomic E-state index is -0.483. The lowest BCUT2D eigenvalue weighted by Crippen LogP contribution is -2.48. The molecule has 0 aliphatic carbocycles. The molecule has 6 nitrogen and oxygen atoms in total.